The minimum Gasteiger partial charge on any atom is -0.481 e. The lowest BCUT2D eigenvalue weighted by molar-refractivity contribution is -0.147. The Morgan fingerprint density at radius 3 is 2.61 bits per heavy atom. The van der Waals surface area contributed by atoms with Crippen LogP contribution in [0.25, 0.3) is 0 Å². The van der Waals surface area contributed by atoms with E-state index in [0.717, 1.165) is 6.42 Å². The van der Waals surface area contributed by atoms with Crippen LogP contribution in [0.2, 0.25) is 0 Å². The summed E-state index contributed by atoms with van der Waals surface area (Å²) in [5.74, 6) is -1.89. The molecule has 2 aliphatic carbocycles. The van der Waals surface area contributed by atoms with Gasteiger partial charge in [0.2, 0.25) is 5.91 Å². The average Bonchev–Trinajstić information content (AvgIpc) is 2.94. The van der Waals surface area contributed by atoms with Crippen molar-refractivity contribution in [3.63, 3.8) is 0 Å². The molecule has 5 nitrogen and oxygen atoms in total. The summed E-state index contributed by atoms with van der Waals surface area (Å²) < 4.78 is 5.14. The highest BCUT2D eigenvalue weighted by Crippen LogP contribution is 2.48. The molecular weight excluding hydrogens is 234 g/mol. The number of rotatable bonds is 6. The summed E-state index contributed by atoms with van der Waals surface area (Å²) in [6.07, 6.45) is 4.71. The van der Waals surface area contributed by atoms with Crippen LogP contribution in [0.3, 0.4) is 0 Å². The smallest absolute Gasteiger partial charge is 0.307 e. The molecule has 2 rings (SSSR count). The van der Waals surface area contributed by atoms with Crippen molar-refractivity contribution in [3.05, 3.63) is 12.2 Å². The highest BCUT2D eigenvalue weighted by atomic mass is 16.5. The molecule has 2 aliphatic rings. The molecule has 18 heavy (non-hydrogen) atoms. The number of carboxylic acid groups (broad SMARTS) is 1. The minimum atomic E-state index is -0.864. The van der Waals surface area contributed by atoms with Crippen molar-refractivity contribution < 1.29 is 19.4 Å². The predicted octanol–water partition coefficient (Wildman–Crippen LogP) is 0.662. The third-order valence-electron chi connectivity index (χ3n) is 3.80. The molecule has 2 N–H and O–H groups in total. The largest absolute Gasteiger partial charge is 0.481 e. The molecule has 0 heterocycles. The van der Waals surface area contributed by atoms with E-state index >= 15 is 0 Å². The summed E-state index contributed by atoms with van der Waals surface area (Å²) in [5, 5.41) is 12.0. The van der Waals surface area contributed by atoms with Gasteiger partial charge in [0.15, 0.2) is 0 Å². The van der Waals surface area contributed by atoms with E-state index in [-0.39, 0.29) is 17.7 Å². The summed E-state index contributed by atoms with van der Waals surface area (Å²) in [6, 6.07) is 0. The van der Waals surface area contributed by atoms with Crippen molar-refractivity contribution in [1.29, 1.82) is 0 Å². The van der Waals surface area contributed by atoms with E-state index in [9.17, 15) is 14.7 Å². The van der Waals surface area contributed by atoms with E-state index < -0.39 is 17.8 Å². The Labute approximate surface area is 106 Å². The Kier molecular flexibility index (Phi) is 4.01. The predicted molar refractivity (Wildman–Crippen MR) is 64.9 cm³/mol. The second-order valence-corrected chi connectivity index (χ2v) is 4.83. The van der Waals surface area contributed by atoms with E-state index in [1.54, 1.807) is 0 Å². The Hall–Kier alpha value is -1.36. The summed E-state index contributed by atoms with van der Waals surface area (Å²) in [7, 11) is 0. The highest BCUT2D eigenvalue weighted by molar-refractivity contribution is 5.86. The Morgan fingerprint density at radius 1 is 1.33 bits per heavy atom. The first-order valence-electron chi connectivity index (χ1n) is 6.41. The lowest BCUT2D eigenvalue weighted by Crippen LogP contribution is -2.41. The Balaban J connectivity index is 1.92. The van der Waals surface area contributed by atoms with Crippen LogP contribution in [0.4, 0.5) is 0 Å². The number of carboxylic acids is 1. The Bertz CT molecular complexity index is 366. The van der Waals surface area contributed by atoms with Gasteiger partial charge >= 0.3 is 5.97 Å². The zero-order chi connectivity index (χ0) is 13.1. The number of carbonyl (C=O) groups excluding carboxylic acids is 1. The number of carbonyl (C=O) groups is 2. The molecule has 0 radical (unpaired) electrons. The Morgan fingerprint density at radius 2 is 2.00 bits per heavy atom. The van der Waals surface area contributed by atoms with Gasteiger partial charge in [-0.3, -0.25) is 9.59 Å². The van der Waals surface area contributed by atoms with Crippen molar-refractivity contribution in [2.45, 2.75) is 13.3 Å². The van der Waals surface area contributed by atoms with Crippen LogP contribution < -0.4 is 5.32 Å². The summed E-state index contributed by atoms with van der Waals surface area (Å²) >= 11 is 0. The van der Waals surface area contributed by atoms with Crippen molar-refractivity contribution in [2.24, 2.45) is 23.7 Å². The monoisotopic (exact) mass is 253 g/mol. The molecule has 1 saturated carbocycles. The van der Waals surface area contributed by atoms with Gasteiger partial charge in [0.25, 0.3) is 0 Å². The third kappa shape index (κ3) is 2.41. The second-order valence-electron chi connectivity index (χ2n) is 4.83. The molecule has 1 fully saturated rings. The average molecular weight is 253 g/mol. The van der Waals surface area contributed by atoms with Gasteiger partial charge in [-0.15, -0.1) is 0 Å². The molecule has 0 spiro atoms. The number of ether oxygens (including phenoxy) is 1. The van der Waals surface area contributed by atoms with Crippen LogP contribution in [0.15, 0.2) is 12.2 Å². The zero-order valence-corrected chi connectivity index (χ0v) is 10.5. The van der Waals surface area contributed by atoms with Gasteiger partial charge in [0, 0.05) is 13.2 Å². The van der Waals surface area contributed by atoms with Gasteiger partial charge in [-0.1, -0.05) is 12.2 Å². The van der Waals surface area contributed by atoms with E-state index in [2.05, 4.69) is 5.32 Å². The first-order chi connectivity index (χ1) is 8.65. The molecule has 5 heteroatoms. The number of nitrogens with one attached hydrogen (secondary N) is 1. The third-order valence-corrected chi connectivity index (χ3v) is 3.80. The molecule has 0 aliphatic heterocycles. The summed E-state index contributed by atoms with van der Waals surface area (Å²) in [5.41, 5.74) is 0. The lowest BCUT2D eigenvalue weighted by atomic mass is 9.82. The molecule has 4 atom stereocenters. The summed E-state index contributed by atoms with van der Waals surface area (Å²) in [6.45, 7) is 3.42. The standard InChI is InChI=1S/C13H19NO4/c1-2-18-6-5-14-12(15)10-8-3-4-9(7-8)11(10)13(16)17/h3-4,8-11H,2,5-7H2,1H3,(H,14,15)(H,16,17)/t8?,9?,10-,11+/m0/s1. The minimum absolute atomic E-state index is 0.0233. The maximum absolute atomic E-state index is 12.0. The van der Waals surface area contributed by atoms with Crippen LogP contribution in [0.1, 0.15) is 13.3 Å². The van der Waals surface area contributed by atoms with E-state index in [4.69, 9.17) is 4.74 Å². The van der Waals surface area contributed by atoms with E-state index in [0.29, 0.717) is 19.8 Å². The number of allylic oxidation sites excluding steroid dienone is 2. The van der Waals surface area contributed by atoms with Crippen LogP contribution >= 0.6 is 0 Å². The van der Waals surface area contributed by atoms with Crippen LogP contribution in [0, 0.1) is 23.7 Å². The molecule has 0 aromatic carbocycles. The van der Waals surface area contributed by atoms with Gasteiger partial charge in [0.05, 0.1) is 18.4 Å². The zero-order valence-electron chi connectivity index (χ0n) is 10.5. The fourth-order valence-electron chi connectivity index (χ4n) is 3.02. The molecular formula is C13H19NO4. The summed E-state index contributed by atoms with van der Waals surface area (Å²) in [4.78, 5) is 23.3. The van der Waals surface area contributed by atoms with E-state index in [1.807, 2.05) is 19.1 Å². The van der Waals surface area contributed by atoms with Crippen LogP contribution in [-0.4, -0.2) is 36.7 Å². The topological polar surface area (TPSA) is 75.6 Å². The fraction of sp³-hybridized carbons (Fsp3) is 0.692. The first kappa shape index (κ1) is 13.1. The van der Waals surface area contributed by atoms with Crippen molar-refractivity contribution in [3.8, 4) is 0 Å². The van der Waals surface area contributed by atoms with Crippen molar-refractivity contribution >= 4 is 11.9 Å². The van der Waals surface area contributed by atoms with Gasteiger partial charge in [-0.2, -0.15) is 0 Å². The quantitative estimate of drug-likeness (QED) is 0.538. The van der Waals surface area contributed by atoms with Crippen LogP contribution in [-0.2, 0) is 14.3 Å². The molecule has 0 saturated heterocycles. The number of fused-ring (bicyclic) bond motifs is 2. The molecule has 2 unspecified atom stereocenters. The van der Waals surface area contributed by atoms with Gasteiger partial charge in [-0.05, 0) is 25.2 Å². The second kappa shape index (κ2) is 5.52. The fourth-order valence-corrected chi connectivity index (χ4v) is 3.02. The number of hydrogen-bond donors (Lipinski definition) is 2. The van der Waals surface area contributed by atoms with Gasteiger partial charge < -0.3 is 15.2 Å². The number of hydrogen-bond acceptors (Lipinski definition) is 3. The van der Waals surface area contributed by atoms with Crippen molar-refractivity contribution in [1.82, 2.24) is 5.32 Å². The SMILES string of the molecule is CCOCCNC(=O)[C@H]1C2C=CC(C2)[C@H]1C(=O)O. The molecule has 2 bridgehead atoms. The molecule has 100 valence electrons. The maximum Gasteiger partial charge on any atom is 0.307 e. The van der Waals surface area contributed by atoms with Crippen LogP contribution in [0.5, 0.6) is 0 Å². The van der Waals surface area contributed by atoms with E-state index in [1.165, 1.54) is 0 Å². The highest BCUT2D eigenvalue weighted by Gasteiger charge is 2.51. The van der Waals surface area contributed by atoms with Gasteiger partial charge in [0.1, 0.15) is 0 Å². The molecule has 0 aromatic heterocycles. The van der Waals surface area contributed by atoms with Gasteiger partial charge in [-0.25, -0.2) is 0 Å². The normalized spacial score (nSPS) is 32.7. The number of aliphatic carboxylic acids is 1. The molecule has 0 aromatic rings. The van der Waals surface area contributed by atoms with Crippen molar-refractivity contribution in [2.75, 3.05) is 19.8 Å². The molecule has 1 amide bonds. The maximum atomic E-state index is 12.0. The number of amides is 1. The lowest BCUT2D eigenvalue weighted by Gasteiger charge is -2.23. The first-order valence-corrected chi connectivity index (χ1v) is 6.41.